The predicted octanol–water partition coefficient (Wildman–Crippen LogP) is 4.64. The van der Waals surface area contributed by atoms with Gasteiger partial charge in [-0.25, -0.2) is 0 Å². The van der Waals surface area contributed by atoms with E-state index in [4.69, 9.17) is 4.74 Å². The van der Waals surface area contributed by atoms with Crippen molar-refractivity contribution in [2.24, 2.45) is 0 Å². The molecule has 0 aromatic heterocycles. The molecule has 148 valence electrons. The van der Waals surface area contributed by atoms with Crippen molar-refractivity contribution in [2.75, 3.05) is 6.61 Å². The number of rotatable bonds is 15. The van der Waals surface area contributed by atoms with Crippen molar-refractivity contribution in [3.05, 3.63) is 48.6 Å². The molecule has 4 heteroatoms. The minimum Gasteiger partial charge on any atom is -0.466 e. The highest BCUT2D eigenvalue weighted by Gasteiger charge is 2.13. The Balaban J connectivity index is 3.86. The summed E-state index contributed by atoms with van der Waals surface area (Å²) in [6.45, 7) is 4.34. The minimum absolute atomic E-state index is 0.262. The quantitative estimate of drug-likeness (QED) is 0.252. The van der Waals surface area contributed by atoms with Gasteiger partial charge in [0.2, 0.25) is 0 Å². The average molecular weight is 365 g/mol. The molecule has 0 saturated heterocycles. The minimum atomic E-state index is -0.936. The van der Waals surface area contributed by atoms with Crippen LogP contribution in [0.3, 0.4) is 0 Å². The predicted molar refractivity (Wildman–Crippen MR) is 108 cm³/mol. The van der Waals surface area contributed by atoms with E-state index in [1.165, 1.54) is 25.7 Å². The first-order valence-electron chi connectivity index (χ1n) is 9.80. The molecule has 0 amide bonds. The Labute approximate surface area is 159 Å². The smallest absolute Gasteiger partial charge is 0.305 e. The third-order valence-corrected chi connectivity index (χ3v) is 3.80. The summed E-state index contributed by atoms with van der Waals surface area (Å²) < 4.78 is 4.82. The van der Waals surface area contributed by atoms with Gasteiger partial charge >= 0.3 is 5.97 Å². The number of esters is 1. The molecule has 0 saturated carbocycles. The van der Waals surface area contributed by atoms with Crippen LogP contribution in [0.1, 0.15) is 65.2 Å². The molecule has 0 heterocycles. The molecule has 4 nitrogen and oxygen atoms in total. The molecule has 0 radical (unpaired) electrons. The van der Waals surface area contributed by atoms with E-state index in [0.29, 0.717) is 19.4 Å². The second-order valence-electron chi connectivity index (χ2n) is 6.19. The van der Waals surface area contributed by atoms with Crippen molar-refractivity contribution >= 4 is 5.97 Å². The summed E-state index contributed by atoms with van der Waals surface area (Å²) in [4.78, 5) is 11.2. The van der Waals surface area contributed by atoms with Crippen LogP contribution in [0.25, 0.3) is 0 Å². The van der Waals surface area contributed by atoms with Gasteiger partial charge in [-0.05, 0) is 32.6 Å². The maximum atomic E-state index is 11.2. The van der Waals surface area contributed by atoms with Crippen LogP contribution in [-0.2, 0) is 9.53 Å². The fraction of sp³-hybridized carbons (Fsp3) is 0.591. The monoisotopic (exact) mass is 364 g/mol. The van der Waals surface area contributed by atoms with Crippen LogP contribution >= 0.6 is 0 Å². The molecule has 0 aromatic carbocycles. The zero-order chi connectivity index (χ0) is 19.5. The van der Waals surface area contributed by atoms with Crippen LogP contribution in [0.5, 0.6) is 0 Å². The molecular formula is C22H36O4. The normalized spacial score (nSPS) is 14.8. The molecule has 0 rings (SSSR count). The number of carbonyl (C=O) groups excluding carboxylic acids is 1. The van der Waals surface area contributed by atoms with Gasteiger partial charge in [0, 0.05) is 6.42 Å². The Morgan fingerprint density at radius 3 is 2.31 bits per heavy atom. The van der Waals surface area contributed by atoms with Crippen molar-refractivity contribution < 1.29 is 19.7 Å². The van der Waals surface area contributed by atoms with Crippen LogP contribution in [0.15, 0.2) is 48.6 Å². The number of unbranched alkanes of at least 4 members (excludes halogenated alkanes) is 4. The molecule has 0 aliphatic heterocycles. The zero-order valence-corrected chi connectivity index (χ0v) is 16.3. The van der Waals surface area contributed by atoms with Gasteiger partial charge in [-0.2, -0.15) is 0 Å². The van der Waals surface area contributed by atoms with E-state index in [2.05, 4.69) is 13.0 Å². The largest absolute Gasteiger partial charge is 0.466 e. The fourth-order valence-electron chi connectivity index (χ4n) is 2.29. The fourth-order valence-corrected chi connectivity index (χ4v) is 2.29. The highest BCUT2D eigenvalue weighted by molar-refractivity contribution is 5.69. The number of ether oxygens (including phenoxy) is 1. The Hall–Kier alpha value is -1.65. The summed E-state index contributed by atoms with van der Waals surface area (Å²) in [5, 5.41) is 19.7. The maximum absolute atomic E-state index is 11.2. The van der Waals surface area contributed by atoms with E-state index >= 15 is 0 Å². The van der Waals surface area contributed by atoms with Gasteiger partial charge < -0.3 is 14.9 Å². The van der Waals surface area contributed by atoms with Gasteiger partial charge in [0.05, 0.1) is 18.8 Å². The number of aliphatic hydroxyl groups excluding tert-OH is 2. The standard InChI is InChI=1S/C22H36O4/c1-3-5-6-7-8-9-10-11-12-13-14-15-17-20(23)21(24)18-16-19-22(25)26-4-2/h9-15,17,20-21,23-24H,3-8,16,18-19H2,1-2H3/b10-9+,12-11-,14-13+,17-15+. The van der Waals surface area contributed by atoms with Crippen molar-refractivity contribution in [1.29, 1.82) is 0 Å². The van der Waals surface area contributed by atoms with Crippen molar-refractivity contribution in [2.45, 2.75) is 77.4 Å². The lowest BCUT2D eigenvalue weighted by molar-refractivity contribution is -0.143. The molecule has 0 aliphatic carbocycles. The maximum Gasteiger partial charge on any atom is 0.305 e. The van der Waals surface area contributed by atoms with E-state index in [1.807, 2.05) is 24.3 Å². The summed E-state index contributed by atoms with van der Waals surface area (Å²) >= 11 is 0. The summed E-state index contributed by atoms with van der Waals surface area (Å²) in [6, 6.07) is 0. The molecule has 26 heavy (non-hydrogen) atoms. The third-order valence-electron chi connectivity index (χ3n) is 3.80. The van der Waals surface area contributed by atoms with E-state index in [9.17, 15) is 15.0 Å². The van der Waals surface area contributed by atoms with Gasteiger partial charge in [-0.15, -0.1) is 0 Å². The summed E-state index contributed by atoms with van der Waals surface area (Å²) in [7, 11) is 0. The first-order valence-corrected chi connectivity index (χ1v) is 9.80. The van der Waals surface area contributed by atoms with Gasteiger partial charge in [0.25, 0.3) is 0 Å². The molecule has 2 N–H and O–H groups in total. The van der Waals surface area contributed by atoms with Crippen molar-refractivity contribution in [3.8, 4) is 0 Å². The van der Waals surface area contributed by atoms with Gasteiger partial charge in [0.15, 0.2) is 0 Å². The zero-order valence-electron chi connectivity index (χ0n) is 16.3. The molecule has 0 fully saturated rings. The third kappa shape index (κ3) is 15.9. The van der Waals surface area contributed by atoms with Crippen molar-refractivity contribution in [1.82, 2.24) is 0 Å². The van der Waals surface area contributed by atoms with E-state index in [-0.39, 0.29) is 12.4 Å². The molecule has 2 atom stereocenters. The first kappa shape index (κ1) is 24.4. The van der Waals surface area contributed by atoms with Crippen LogP contribution in [0, 0.1) is 0 Å². The lowest BCUT2D eigenvalue weighted by atomic mass is 10.1. The molecule has 0 spiro atoms. The van der Waals surface area contributed by atoms with Crippen LogP contribution in [0.2, 0.25) is 0 Å². The van der Waals surface area contributed by atoms with Crippen LogP contribution in [0.4, 0.5) is 0 Å². The number of hydrogen-bond donors (Lipinski definition) is 2. The number of allylic oxidation sites excluding steroid dienone is 7. The van der Waals surface area contributed by atoms with Gasteiger partial charge in [-0.1, -0.05) is 74.8 Å². The topological polar surface area (TPSA) is 66.8 Å². The summed E-state index contributed by atoms with van der Waals surface area (Å²) in [5.74, 6) is -0.269. The Morgan fingerprint density at radius 1 is 0.923 bits per heavy atom. The molecule has 0 aliphatic rings. The Morgan fingerprint density at radius 2 is 1.62 bits per heavy atom. The molecular weight excluding hydrogens is 328 g/mol. The average Bonchev–Trinajstić information content (AvgIpc) is 2.62. The van der Waals surface area contributed by atoms with Crippen LogP contribution < -0.4 is 0 Å². The molecule has 0 aromatic rings. The highest BCUT2D eigenvalue weighted by Crippen LogP contribution is 2.07. The summed E-state index contributed by atoms with van der Waals surface area (Å²) in [6.07, 6.45) is 20.6. The summed E-state index contributed by atoms with van der Waals surface area (Å²) in [5.41, 5.74) is 0. The van der Waals surface area contributed by atoms with E-state index in [1.54, 1.807) is 25.2 Å². The molecule has 2 unspecified atom stereocenters. The highest BCUT2D eigenvalue weighted by atomic mass is 16.5. The van der Waals surface area contributed by atoms with Gasteiger partial charge in [-0.3, -0.25) is 4.79 Å². The van der Waals surface area contributed by atoms with E-state index < -0.39 is 12.2 Å². The lowest BCUT2D eigenvalue weighted by Gasteiger charge is -2.13. The van der Waals surface area contributed by atoms with E-state index in [0.717, 1.165) is 6.42 Å². The second-order valence-corrected chi connectivity index (χ2v) is 6.19. The number of aliphatic hydroxyl groups is 2. The Kier molecular flexibility index (Phi) is 17.0. The lowest BCUT2D eigenvalue weighted by Crippen LogP contribution is -2.23. The Bertz CT molecular complexity index is 449. The SMILES string of the molecule is CCCCCC/C=C/C=C\C=C\C=C\C(O)C(O)CCCC(=O)OCC. The van der Waals surface area contributed by atoms with Crippen LogP contribution in [-0.4, -0.2) is 35.0 Å². The first-order chi connectivity index (χ1) is 12.6. The second kappa shape index (κ2) is 18.2. The number of hydrogen-bond acceptors (Lipinski definition) is 4. The molecule has 0 bridgehead atoms. The van der Waals surface area contributed by atoms with Crippen molar-refractivity contribution in [3.63, 3.8) is 0 Å². The van der Waals surface area contributed by atoms with Gasteiger partial charge in [0.1, 0.15) is 0 Å². The number of carbonyl (C=O) groups is 1.